The molecule has 0 radical (unpaired) electrons. The third-order valence-electron chi connectivity index (χ3n) is 5.03. The Hall–Kier alpha value is -1.77. The molecule has 24 heavy (non-hydrogen) atoms. The van der Waals surface area contributed by atoms with Crippen LogP contribution in [0.1, 0.15) is 64.9 Å². The molecule has 0 spiro atoms. The van der Waals surface area contributed by atoms with E-state index in [9.17, 15) is 4.79 Å². The van der Waals surface area contributed by atoms with Crippen LogP contribution in [0, 0.1) is 5.41 Å². The van der Waals surface area contributed by atoms with Gasteiger partial charge in [0.15, 0.2) is 6.23 Å². The van der Waals surface area contributed by atoms with Crippen LogP contribution < -0.4 is 0 Å². The first kappa shape index (κ1) is 17.1. The maximum absolute atomic E-state index is 13.1. The first-order valence-corrected chi connectivity index (χ1v) is 9.24. The Bertz CT molecular complexity index is 618. The van der Waals surface area contributed by atoms with Crippen LogP contribution >= 0.6 is 0 Å². The average Bonchev–Trinajstić information content (AvgIpc) is 2.87. The average molecular weight is 327 g/mol. The molecule has 1 aromatic carbocycles. The molecule has 3 rings (SSSR count). The lowest BCUT2D eigenvalue weighted by Gasteiger charge is -2.37. The van der Waals surface area contributed by atoms with Crippen LogP contribution in [-0.4, -0.2) is 17.0 Å². The molecule has 1 amide bonds. The highest BCUT2D eigenvalue weighted by Crippen LogP contribution is 2.45. The summed E-state index contributed by atoms with van der Waals surface area (Å²) >= 11 is 0. The number of rotatable bonds is 6. The molecule has 1 heterocycles. The summed E-state index contributed by atoms with van der Waals surface area (Å²) in [6.07, 6.45) is 5.99. The summed E-state index contributed by atoms with van der Waals surface area (Å²) in [5.41, 5.74) is 2.20. The summed E-state index contributed by atoms with van der Waals surface area (Å²) in [5.74, 6) is 1.14. The molecule has 1 aliphatic carbocycles. The number of allylic oxidation sites excluding steroid dienone is 1. The highest BCUT2D eigenvalue weighted by Gasteiger charge is 2.43. The first-order valence-electron chi connectivity index (χ1n) is 9.24. The quantitative estimate of drug-likeness (QED) is 0.686. The lowest BCUT2D eigenvalue weighted by atomic mass is 9.89. The molecule has 1 aromatic rings. The molecule has 1 atom stereocenters. The number of hydrogen-bond acceptors (Lipinski definition) is 2. The molecule has 130 valence electrons. The summed E-state index contributed by atoms with van der Waals surface area (Å²) < 4.78 is 6.33. The van der Waals surface area contributed by atoms with Gasteiger partial charge in [-0.2, -0.15) is 0 Å². The van der Waals surface area contributed by atoms with E-state index in [1.54, 1.807) is 0 Å². The van der Waals surface area contributed by atoms with E-state index < -0.39 is 0 Å². The predicted octanol–water partition coefficient (Wildman–Crippen LogP) is 5.03. The third kappa shape index (κ3) is 3.66. The zero-order valence-corrected chi connectivity index (χ0v) is 15.2. The Morgan fingerprint density at radius 2 is 1.92 bits per heavy atom. The lowest BCUT2D eigenvalue weighted by Crippen LogP contribution is -2.45. The van der Waals surface area contributed by atoms with Crippen LogP contribution in [0.5, 0.6) is 0 Å². The summed E-state index contributed by atoms with van der Waals surface area (Å²) in [6.45, 7) is 7.27. The number of benzene rings is 1. The van der Waals surface area contributed by atoms with Crippen molar-refractivity contribution in [3.8, 4) is 0 Å². The van der Waals surface area contributed by atoms with Crippen molar-refractivity contribution >= 4 is 5.91 Å². The first-order chi connectivity index (χ1) is 11.5. The topological polar surface area (TPSA) is 29.5 Å². The van der Waals surface area contributed by atoms with Crippen LogP contribution in [0.15, 0.2) is 41.7 Å². The normalized spacial score (nSPS) is 22.5. The van der Waals surface area contributed by atoms with Gasteiger partial charge in [-0.25, -0.2) is 0 Å². The van der Waals surface area contributed by atoms with Crippen LogP contribution in [0.2, 0.25) is 0 Å². The monoisotopic (exact) mass is 327 g/mol. The van der Waals surface area contributed by atoms with Crippen molar-refractivity contribution in [2.45, 2.75) is 72.1 Å². The van der Waals surface area contributed by atoms with E-state index in [-0.39, 0.29) is 17.6 Å². The summed E-state index contributed by atoms with van der Waals surface area (Å²) in [6, 6.07) is 10.2. The number of nitrogens with zero attached hydrogens (tertiary/aromatic N) is 1. The molecule has 3 heteroatoms. The molecule has 3 nitrogen and oxygen atoms in total. The molecular weight excluding hydrogens is 298 g/mol. The highest BCUT2D eigenvalue weighted by atomic mass is 16.5. The summed E-state index contributed by atoms with van der Waals surface area (Å²) in [7, 11) is 0. The van der Waals surface area contributed by atoms with Crippen molar-refractivity contribution in [3.63, 3.8) is 0 Å². The fourth-order valence-corrected chi connectivity index (χ4v) is 3.76. The second-order valence-corrected chi connectivity index (χ2v) is 7.91. The van der Waals surface area contributed by atoms with Crippen molar-refractivity contribution < 1.29 is 9.53 Å². The molecule has 0 saturated heterocycles. The van der Waals surface area contributed by atoms with Crippen LogP contribution in [0.25, 0.3) is 0 Å². The van der Waals surface area contributed by atoms with Crippen LogP contribution in [0.3, 0.4) is 0 Å². The minimum absolute atomic E-state index is 0.114. The number of carbonyl (C=O) groups excluding carboxylic acids is 1. The van der Waals surface area contributed by atoms with E-state index in [1.165, 1.54) is 12.8 Å². The molecule has 0 fully saturated rings. The second kappa shape index (κ2) is 7.00. The Balaban J connectivity index is 1.80. The minimum atomic E-state index is -0.114. The number of hydrogen-bond donors (Lipinski definition) is 0. The molecule has 0 aromatic heterocycles. The highest BCUT2D eigenvalue weighted by molar-refractivity contribution is 5.95. The van der Waals surface area contributed by atoms with Gasteiger partial charge in [-0.15, -0.1) is 0 Å². The zero-order valence-electron chi connectivity index (χ0n) is 15.2. The zero-order chi connectivity index (χ0) is 17.2. The number of unbranched alkanes of at least 4 members (excludes halogenated alkanes) is 2. The molecule has 1 unspecified atom stereocenters. The predicted molar refractivity (Wildman–Crippen MR) is 96.0 cm³/mol. The number of amides is 1. The van der Waals surface area contributed by atoms with Gasteiger partial charge >= 0.3 is 0 Å². The largest absolute Gasteiger partial charge is 0.474 e. The minimum Gasteiger partial charge on any atom is -0.474 e. The smallest absolute Gasteiger partial charge is 0.256 e. The van der Waals surface area contributed by atoms with Gasteiger partial charge in [-0.1, -0.05) is 63.9 Å². The van der Waals surface area contributed by atoms with Gasteiger partial charge in [-0.05, 0) is 23.8 Å². The second-order valence-electron chi connectivity index (χ2n) is 7.91. The van der Waals surface area contributed by atoms with E-state index in [0.717, 1.165) is 42.6 Å². The lowest BCUT2D eigenvalue weighted by molar-refractivity contribution is -0.145. The molecule has 0 saturated carbocycles. The van der Waals surface area contributed by atoms with Crippen LogP contribution in [-0.2, 0) is 16.1 Å². The third-order valence-corrected chi connectivity index (χ3v) is 5.03. The van der Waals surface area contributed by atoms with Crippen molar-refractivity contribution in [3.05, 3.63) is 47.2 Å². The van der Waals surface area contributed by atoms with Gasteiger partial charge in [0.25, 0.3) is 5.91 Å². The Kier molecular flexibility index (Phi) is 4.98. The molecule has 0 bridgehead atoms. The van der Waals surface area contributed by atoms with Gasteiger partial charge < -0.3 is 4.74 Å². The summed E-state index contributed by atoms with van der Waals surface area (Å²) in [5, 5.41) is 0. The molecule has 2 aliphatic rings. The van der Waals surface area contributed by atoms with E-state index in [0.29, 0.717) is 6.54 Å². The van der Waals surface area contributed by atoms with Crippen molar-refractivity contribution in [1.82, 2.24) is 4.90 Å². The van der Waals surface area contributed by atoms with Crippen molar-refractivity contribution in [1.29, 1.82) is 0 Å². The Morgan fingerprint density at radius 3 is 2.62 bits per heavy atom. The van der Waals surface area contributed by atoms with Gasteiger partial charge in [0.1, 0.15) is 5.76 Å². The molecular formula is C21H29NO2. The van der Waals surface area contributed by atoms with Gasteiger partial charge in [0.2, 0.25) is 0 Å². The SMILES string of the molecule is CCCCCC1OC2=C(CC(C)(C)C2)C(=O)N1Cc1ccccc1. The van der Waals surface area contributed by atoms with E-state index in [1.807, 2.05) is 23.1 Å². The van der Waals surface area contributed by atoms with Crippen LogP contribution in [0.4, 0.5) is 0 Å². The van der Waals surface area contributed by atoms with Crippen molar-refractivity contribution in [2.75, 3.05) is 0 Å². The Labute approximate surface area is 145 Å². The van der Waals surface area contributed by atoms with Gasteiger partial charge in [-0.3, -0.25) is 9.69 Å². The maximum atomic E-state index is 13.1. The molecule has 1 aliphatic heterocycles. The van der Waals surface area contributed by atoms with Gasteiger partial charge in [0.05, 0.1) is 5.57 Å². The van der Waals surface area contributed by atoms with Gasteiger partial charge in [0, 0.05) is 19.4 Å². The standard InChI is InChI=1S/C21H29NO2/c1-4-5-7-12-19-22(15-16-10-8-6-9-11-16)20(23)17-13-21(2,3)14-18(17)24-19/h6,8-11,19H,4-5,7,12-15H2,1-3H3. The van der Waals surface area contributed by atoms with E-state index >= 15 is 0 Å². The maximum Gasteiger partial charge on any atom is 0.256 e. The number of ether oxygens (including phenoxy) is 1. The summed E-state index contributed by atoms with van der Waals surface area (Å²) in [4.78, 5) is 15.1. The number of carbonyl (C=O) groups is 1. The molecule has 0 N–H and O–H groups in total. The Morgan fingerprint density at radius 1 is 1.17 bits per heavy atom. The fraction of sp³-hybridized carbons (Fsp3) is 0.571. The van der Waals surface area contributed by atoms with E-state index in [2.05, 4.69) is 32.9 Å². The van der Waals surface area contributed by atoms with E-state index in [4.69, 9.17) is 4.74 Å². The van der Waals surface area contributed by atoms with Crippen molar-refractivity contribution in [2.24, 2.45) is 5.41 Å². The fourth-order valence-electron chi connectivity index (χ4n) is 3.76.